The predicted molar refractivity (Wildman–Crippen MR) is 142 cm³/mol. The van der Waals surface area contributed by atoms with Gasteiger partial charge in [0.2, 0.25) is 0 Å². The van der Waals surface area contributed by atoms with Crippen LogP contribution in [0.5, 0.6) is 11.5 Å². The molecule has 4 aromatic rings. The van der Waals surface area contributed by atoms with Gasteiger partial charge >= 0.3 is 0 Å². The van der Waals surface area contributed by atoms with Gasteiger partial charge in [0.25, 0.3) is 15.6 Å². The Bertz CT molecular complexity index is 1640. The van der Waals surface area contributed by atoms with Crippen molar-refractivity contribution >= 4 is 21.2 Å². The van der Waals surface area contributed by atoms with Crippen molar-refractivity contribution in [2.45, 2.75) is 51.3 Å². The van der Waals surface area contributed by atoms with E-state index < -0.39 is 21.4 Å². The molecule has 2 N–H and O–H groups in total. The minimum Gasteiger partial charge on any atom is -0.494 e. The number of methoxy groups -OCH3 is 1. The third-order valence-corrected chi connectivity index (χ3v) is 7.65. The highest BCUT2D eigenvalue weighted by Gasteiger charge is 2.23. The zero-order valence-electron chi connectivity index (χ0n) is 21.8. The highest BCUT2D eigenvalue weighted by Crippen LogP contribution is 2.32. The van der Waals surface area contributed by atoms with E-state index in [0.29, 0.717) is 29.4 Å². The first-order chi connectivity index (χ1) is 18.1. The molecule has 0 aliphatic carbocycles. The fraction of sp³-hybridized carbons (Fsp3) is 0.346. The van der Waals surface area contributed by atoms with E-state index in [2.05, 4.69) is 19.8 Å². The molecule has 0 amide bonds. The van der Waals surface area contributed by atoms with E-state index in [0.717, 1.165) is 18.9 Å². The van der Waals surface area contributed by atoms with Crippen LogP contribution in [0.4, 0.5) is 10.1 Å². The zero-order chi connectivity index (χ0) is 27.6. The van der Waals surface area contributed by atoms with Crippen LogP contribution in [0, 0.1) is 12.7 Å². The molecule has 0 saturated heterocycles. The number of hydrogen-bond acceptors (Lipinski definition) is 7. The van der Waals surface area contributed by atoms with Gasteiger partial charge in [-0.15, -0.1) is 5.10 Å². The number of anilines is 1. The summed E-state index contributed by atoms with van der Waals surface area (Å²) in [6.07, 6.45) is 1.63. The third-order valence-electron chi connectivity index (χ3n) is 6.27. The average molecular weight is 544 g/mol. The van der Waals surface area contributed by atoms with E-state index in [4.69, 9.17) is 9.47 Å². The Morgan fingerprint density at radius 3 is 2.45 bits per heavy atom. The number of aryl methyl sites for hydroxylation is 1. The summed E-state index contributed by atoms with van der Waals surface area (Å²) in [5.74, 6) is 0.502. The lowest BCUT2D eigenvalue weighted by Gasteiger charge is -2.14. The quantitative estimate of drug-likeness (QED) is 0.298. The van der Waals surface area contributed by atoms with Crippen LogP contribution in [0.1, 0.15) is 51.0 Å². The highest BCUT2D eigenvalue weighted by atomic mass is 32.2. The summed E-state index contributed by atoms with van der Waals surface area (Å²) in [4.78, 5) is 20.4. The van der Waals surface area contributed by atoms with Gasteiger partial charge in [-0.05, 0) is 57.0 Å². The van der Waals surface area contributed by atoms with Crippen molar-refractivity contribution in [3.8, 4) is 22.9 Å². The number of ether oxygens (including phenoxy) is 2. The summed E-state index contributed by atoms with van der Waals surface area (Å²) in [5, 5.41) is 4.66. The van der Waals surface area contributed by atoms with Crippen LogP contribution in [0.2, 0.25) is 0 Å². The van der Waals surface area contributed by atoms with E-state index >= 15 is 0 Å². The Kier molecular flexibility index (Phi) is 7.72. The van der Waals surface area contributed by atoms with Gasteiger partial charge in [-0.2, -0.15) is 0 Å². The fourth-order valence-electron chi connectivity index (χ4n) is 4.32. The molecule has 0 aliphatic rings. The Morgan fingerprint density at radius 2 is 1.82 bits per heavy atom. The highest BCUT2D eigenvalue weighted by molar-refractivity contribution is 7.92. The first-order valence-corrected chi connectivity index (χ1v) is 13.7. The lowest BCUT2D eigenvalue weighted by molar-refractivity contribution is 0.341. The second kappa shape index (κ2) is 10.8. The first-order valence-electron chi connectivity index (χ1n) is 12.3. The van der Waals surface area contributed by atoms with Crippen molar-refractivity contribution in [3.05, 3.63) is 64.1 Å². The average Bonchev–Trinajstić information content (AvgIpc) is 3.21. The monoisotopic (exact) mass is 543 g/mol. The standard InChI is InChI=1S/C26H30FN5O5S/c1-6-16(7-2)25-28-15(4)23-26(33)29-24(30-32(23)25)19-14-18(10-12-21(19)37-8-3)38(34,35)31-17-9-11-22(36-5)20(27)13-17/h9-14,16,31H,6-8H2,1-5H3,(H,29,30,33). The number of nitrogens with zero attached hydrogens (tertiary/aromatic N) is 3. The molecule has 0 bridgehead atoms. The number of fused-ring (bicyclic) bond motifs is 1. The molecule has 0 saturated carbocycles. The minimum atomic E-state index is -4.14. The number of hydrogen-bond donors (Lipinski definition) is 2. The minimum absolute atomic E-state index is 0.00999. The number of imidazole rings is 1. The first kappa shape index (κ1) is 27.1. The topological polar surface area (TPSA) is 128 Å². The van der Waals surface area contributed by atoms with Crippen molar-refractivity contribution in [2.75, 3.05) is 18.4 Å². The van der Waals surface area contributed by atoms with Gasteiger partial charge in [0.1, 0.15) is 11.6 Å². The van der Waals surface area contributed by atoms with Crippen LogP contribution in [-0.4, -0.2) is 41.7 Å². The lowest BCUT2D eigenvalue weighted by Crippen LogP contribution is -2.17. The summed E-state index contributed by atoms with van der Waals surface area (Å²) in [7, 11) is -2.82. The molecule has 38 heavy (non-hydrogen) atoms. The molecule has 0 unspecified atom stereocenters. The van der Waals surface area contributed by atoms with Crippen LogP contribution < -0.4 is 19.8 Å². The molecular formula is C26H30FN5O5S. The summed E-state index contributed by atoms with van der Waals surface area (Å²) in [6.45, 7) is 7.93. The molecule has 2 heterocycles. The molecule has 0 fully saturated rings. The van der Waals surface area contributed by atoms with Crippen LogP contribution in [0.25, 0.3) is 16.9 Å². The van der Waals surface area contributed by atoms with Crippen molar-refractivity contribution in [2.24, 2.45) is 0 Å². The SMILES string of the molecule is CCOc1ccc(S(=O)(=O)Nc2ccc(OC)c(F)c2)cc1-c1nn2c(C(CC)CC)nc(C)c2c(=O)[nH]1. The van der Waals surface area contributed by atoms with Crippen molar-refractivity contribution in [1.82, 2.24) is 19.6 Å². The molecule has 202 valence electrons. The molecule has 0 aliphatic heterocycles. The Hall–Kier alpha value is -3.93. The van der Waals surface area contributed by atoms with E-state index in [1.807, 2.05) is 13.8 Å². The van der Waals surface area contributed by atoms with E-state index in [1.54, 1.807) is 13.8 Å². The maximum atomic E-state index is 14.1. The number of aromatic nitrogens is 4. The van der Waals surface area contributed by atoms with Gasteiger partial charge in [-0.1, -0.05) is 13.8 Å². The summed E-state index contributed by atoms with van der Waals surface area (Å²) in [6, 6.07) is 7.96. The van der Waals surface area contributed by atoms with E-state index in [9.17, 15) is 17.6 Å². The second-order valence-corrected chi connectivity index (χ2v) is 10.4. The van der Waals surface area contributed by atoms with Crippen molar-refractivity contribution in [3.63, 3.8) is 0 Å². The molecule has 12 heteroatoms. The molecular weight excluding hydrogens is 513 g/mol. The van der Waals surface area contributed by atoms with Crippen molar-refractivity contribution < 1.29 is 22.3 Å². The number of benzene rings is 2. The van der Waals surface area contributed by atoms with Crippen LogP contribution >= 0.6 is 0 Å². The Morgan fingerprint density at radius 1 is 1.11 bits per heavy atom. The van der Waals surface area contributed by atoms with Crippen LogP contribution in [-0.2, 0) is 10.0 Å². The van der Waals surface area contributed by atoms with Gasteiger partial charge in [0, 0.05) is 12.0 Å². The number of nitrogens with one attached hydrogen (secondary N) is 2. The van der Waals surface area contributed by atoms with Gasteiger partial charge in [-0.25, -0.2) is 22.3 Å². The molecule has 0 atom stereocenters. The number of halogens is 1. The van der Waals surface area contributed by atoms with Crippen molar-refractivity contribution in [1.29, 1.82) is 0 Å². The van der Waals surface area contributed by atoms with Crippen LogP contribution in [0.3, 0.4) is 0 Å². The summed E-state index contributed by atoms with van der Waals surface area (Å²) in [5.41, 5.74) is 0.789. The fourth-order valence-corrected chi connectivity index (χ4v) is 5.39. The molecule has 10 nitrogen and oxygen atoms in total. The predicted octanol–water partition coefficient (Wildman–Crippen LogP) is 4.64. The maximum Gasteiger partial charge on any atom is 0.277 e. The zero-order valence-corrected chi connectivity index (χ0v) is 22.6. The molecule has 2 aromatic carbocycles. The van der Waals surface area contributed by atoms with Gasteiger partial charge in [-0.3, -0.25) is 9.52 Å². The van der Waals surface area contributed by atoms with Gasteiger partial charge < -0.3 is 14.5 Å². The summed E-state index contributed by atoms with van der Waals surface area (Å²) >= 11 is 0. The summed E-state index contributed by atoms with van der Waals surface area (Å²) < 4.78 is 55.1. The molecule has 2 aromatic heterocycles. The Labute approximate surface area is 219 Å². The lowest BCUT2D eigenvalue weighted by atomic mass is 10.0. The smallest absolute Gasteiger partial charge is 0.277 e. The largest absolute Gasteiger partial charge is 0.494 e. The second-order valence-electron chi connectivity index (χ2n) is 8.68. The van der Waals surface area contributed by atoms with E-state index in [1.165, 1.54) is 42.0 Å². The van der Waals surface area contributed by atoms with Gasteiger partial charge in [0.05, 0.1) is 35.6 Å². The molecule has 0 spiro atoms. The van der Waals surface area contributed by atoms with Crippen LogP contribution in [0.15, 0.2) is 46.1 Å². The molecule has 4 rings (SSSR count). The third kappa shape index (κ3) is 5.08. The van der Waals surface area contributed by atoms with E-state index in [-0.39, 0.29) is 33.6 Å². The number of aromatic amines is 1. The maximum absolute atomic E-state index is 14.1. The molecule has 0 radical (unpaired) electrons. The number of rotatable bonds is 10. The Balaban J connectivity index is 1.85. The number of H-pyrrole nitrogens is 1. The normalized spacial score (nSPS) is 11.8. The van der Waals surface area contributed by atoms with Gasteiger partial charge in [0.15, 0.2) is 22.9 Å². The number of sulfonamides is 1.